The molecule has 1 heterocycles. The molecule has 1 aliphatic heterocycles. The van der Waals surface area contributed by atoms with Gasteiger partial charge in [0, 0.05) is 30.1 Å². The summed E-state index contributed by atoms with van der Waals surface area (Å²) in [6.45, 7) is 9.53. The zero-order valence-electron chi connectivity index (χ0n) is 13.2. The highest BCUT2D eigenvalue weighted by molar-refractivity contribution is 7.99. The third-order valence-electron chi connectivity index (χ3n) is 5.02. The highest BCUT2D eigenvalue weighted by atomic mass is 32.2. The van der Waals surface area contributed by atoms with Crippen molar-refractivity contribution in [3.63, 3.8) is 0 Å². The Kier molecular flexibility index (Phi) is 6.04. The summed E-state index contributed by atoms with van der Waals surface area (Å²) in [6.07, 6.45) is 4.29. The van der Waals surface area contributed by atoms with E-state index in [9.17, 15) is 0 Å². The van der Waals surface area contributed by atoms with Crippen LogP contribution in [-0.4, -0.2) is 48.6 Å². The molecule has 4 unspecified atom stereocenters. The first-order valence-electron chi connectivity index (χ1n) is 8.13. The van der Waals surface area contributed by atoms with Gasteiger partial charge in [0.1, 0.15) is 0 Å². The van der Waals surface area contributed by atoms with Crippen LogP contribution in [0.25, 0.3) is 0 Å². The number of nitrogens with one attached hydrogen (secondary N) is 1. The Labute approximate surface area is 124 Å². The zero-order valence-corrected chi connectivity index (χ0v) is 14.0. The van der Waals surface area contributed by atoms with Crippen LogP contribution in [0, 0.1) is 17.8 Å². The fourth-order valence-corrected chi connectivity index (χ4v) is 5.53. The molecule has 2 aliphatic rings. The van der Waals surface area contributed by atoms with E-state index in [-0.39, 0.29) is 0 Å². The van der Waals surface area contributed by atoms with E-state index in [1.54, 1.807) is 0 Å². The number of likely N-dealkylation sites (N-methyl/N-ethyl adjacent to an activating group) is 2. The molecule has 2 nitrogen and oxygen atoms in total. The largest absolute Gasteiger partial charge is 0.312 e. The van der Waals surface area contributed by atoms with Crippen LogP contribution in [0.3, 0.4) is 0 Å². The highest BCUT2D eigenvalue weighted by Crippen LogP contribution is 2.37. The van der Waals surface area contributed by atoms with Gasteiger partial charge >= 0.3 is 0 Å². The van der Waals surface area contributed by atoms with Crippen LogP contribution in [0.5, 0.6) is 0 Å². The van der Waals surface area contributed by atoms with Gasteiger partial charge in [-0.15, -0.1) is 0 Å². The molecule has 0 aromatic heterocycles. The SMILES string of the molecule is CCNC(C1CC(C)CC(C)C1)C1CSCCN1C. The Morgan fingerprint density at radius 1 is 1.21 bits per heavy atom. The predicted molar refractivity (Wildman–Crippen MR) is 86.9 cm³/mol. The third-order valence-corrected chi connectivity index (χ3v) is 6.07. The average molecular weight is 285 g/mol. The van der Waals surface area contributed by atoms with Crippen molar-refractivity contribution in [1.82, 2.24) is 10.2 Å². The standard InChI is InChI=1S/C16H32N2S/c1-5-17-16(15-11-19-7-6-18(15)4)14-9-12(2)8-13(3)10-14/h12-17H,5-11H2,1-4H3. The summed E-state index contributed by atoms with van der Waals surface area (Å²) >= 11 is 2.14. The summed E-state index contributed by atoms with van der Waals surface area (Å²) in [5.74, 6) is 5.33. The number of hydrogen-bond acceptors (Lipinski definition) is 3. The van der Waals surface area contributed by atoms with Gasteiger partial charge in [0.2, 0.25) is 0 Å². The first kappa shape index (κ1) is 15.7. The second-order valence-corrected chi connectivity index (χ2v) is 8.03. The van der Waals surface area contributed by atoms with E-state index < -0.39 is 0 Å². The molecule has 2 fully saturated rings. The molecule has 112 valence electrons. The van der Waals surface area contributed by atoms with E-state index in [4.69, 9.17) is 0 Å². The Balaban J connectivity index is 2.05. The molecule has 19 heavy (non-hydrogen) atoms. The van der Waals surface area contributed by atoms with Crippen molar-refractivity contribution >= 4 is 11.8 Å². The number of nitrogens with zero attached hydrogens (tertiary/aromatic N) is 1. The summed E-state index contributed by atoms with van der Waals surface area (Å²) in [6, 6.07) is 1.44. The van der Waals surface area contributed by atoms with Crippen LogP contribution in [0.15, 0.2) is 0 Å². The lowest BCUT2D eigenvalue weighted by Crippen LogP contribution is -2.56. The van der Waals surface area contributed by atoms with E-state index in [2.05, 4.69) is 49.8 Å². The monoisotopic (exact) mass is 284 g/mol. The number of hydrogen-bond donors (Lipinski definition) is 1. The minimum atomic E-state index is 0.702. The van der Waals surface area contributed by atoms with Crippen LogP contribution in [-0.2, 0) is 0 Å². The topological polar surface area (TPSA) is 15.3 Å². The van der Waals surface area contributed by atoms with E-state index >= 15 is 0 Å². The Morgan fingerprint density at radius 2 is 1.89 bits per heavy atom. The van der Waals surface area contributed by atoms with Crippen molar-refractivity contribution in [2.24, 2.45) is 17.8 Å². The van der Waals surface area contributed by atoms with Crippen molar-refractivity contribution in [3.8, 4) is 0 Å². The molecule has 0 bridgehead atoms. The minimum absolute atomic E-state index is 0.702. The molecule has 0 aromatic carbocycles. The molecule has 1 saturated heterocycles. The van der Waals surface area contributed by atoms with E-state index in [1.165, 1.54) is 37.3 Å². The Hall–Kier alpha value is 0.270. The summed E-state index contributed by atoms with van der Waals surface area (Å²) in [5, 5.41) is 3.84. The molecular formula is C16H32N2S. The summed E-state index contributed by atoms with van der Waals surface area (Å²) in [7, 11) is 2.32. The molecule has 1 aliphatic carbocycles. The van der Waals surface area contributed by atoms with Crippen LogP contribution in [0.1, 0.15) is 40.0 Å². The molecule has 0 spiro atoms. The first-order chi connectivity index (χ1) is 9.11. The van der Waals surface area contributed by atoms with Crippen LogP contribution in [0.4, 0.5) is 0 Å². The highest BCUT2D eigenvalue weighted by Gasteiger charge is 2.36. The maximum absolute atomic E-state index is 3.84. The maximum Gasteiger partial charge on any atom is 0.0339 e. The third kappa shape index (κ3) is 4.12. The fourth-order valence-electron chi connectivity index (χ4n) is 4.24. The summed E-state index contributed by atoms with van der Waals surface area (Å²) in [4.78, 5) is 2.60. The molecule has 1 N–H and O–H groups in total. The van der Waals surface area contributed by atoms with E-state index in [0.717, 1.165) is 30.3 Å². The van der Waals surface area contributed by atoms with Crippen molar-refractivity contribution in [2.75, 3.05) is 31.6 Å². The van der Waals surface area contributed by atoms with Gasteiger partial charge in [-0.25, -0.2) is 0 Å². The molecular weight excluding hydrogens is 252 g/mol. The minimum Gasteiger partial charge on any atom is -0.312 e. The van der Waals surface area contributed by atoms with Crippen molar-refractivity contribution in [2.45, 2.75) is 52.1 Å². The quantitative estimate of drug-likeness (QED) is 0.854. The van der Waals surface area contributed by atoms with E-state index in [0.29, 0.717) is 6.04 Å². The van der Waals surface area contributed by atoms with Gasteiger partial charge in [-0.05, 0) is 50.6 Å². The van der Waals surface area contributed by atoms with Crippen molar-refractivity contribution in [1.29, 1.82) is 0 Å². The fraction of sp³-hybridized carbons (Fsp3) is 1.00. The van der Waals surface area contributed by atoms with Gasteiger partial charge in [-0.3, -0.25) is 0 Å². The van der Waals surface area contributed by atoms with Crippen LogP contribution >= 0.6 is 11.8 Å². The van der Waals surface area contributed by atoms with Crippen molar-refractivity contribution in [3.05, 3.63) is 0 Å². The van der Waals surface area contributed by atoms with Gasteiger partial charge in [-0.1, -0.05) is 20.8 Å². The average Bonchev–Trinajstić information content (AvgIpc) is 2.36. The smallest absolute Gasteiger partial charge is 0.0339 e. The molecule has 3 heteroatoms. The molecule has 2 rings (SSSR count). The maximum atomic E-state index is 3.84. The first-order valence-corrected chi connectivity index (χ1v) is 9.28. The second-order valence-electron chi connectivity index (χ2n) is 6.88. The summed E-state index contributed by atoms with van der Waals surface area (Å²) < 4.78 is 0. The van der Waals surface area contributed by atoms with Gasteiger partial charge in [-0.2, -0.15) is 11.8 Å². The number of rotatable bonds is 4. The Bertz CT molecular complexity index is 261. The normalized spacial score (nSPS) is 39.2. The molecule has 0 radical (unpaired) electrons. The predicted octanol–water partition coefficient (Wildman–Crippen LogP) is 3.08. The van der Waals surface area contributed by atoms with Gasteiger partial charge in [0.25, 0.3) is 0 Å². The molecule has 4 atom stereocenters. The van der Waals surface area contributed by atoms with E-state index in [1.807, 2.05) is 0 Å². The Morgan fingerprint density at radius 3 is 2.47 bits per heavy atom. The summed E-state index contributed by atoms with van der Waals surface area (Å²) in [5.41, 5.74) is 0. The lowest BCUT2D eigenvalue weighted by Gasteiger charge is -2.45. The lowest BCUT2D eigenvalue weighted by atomic mass is 9.72. The second kappa shape index (κ2) is 7.33. The van der Waals surface area contributed by atoms with Crippen LogP contribution in [0.2, 0.25) is 0 Å². The lowest BCUT2D eigenvalue weighted by molar-refractivity contribution is 0.116. The zero-order chi connectivity index (χ0) is 13.8. The van der Waals surface area contributed by atoms with Gasteiger partial charge in [0.05, 0.1) is 0 Å². The number of thioether (sulfide) groups is 1. The van der Waals surface area contributed by atoms with Crippen molar-refractivity contribution < 1.29 is 0 Å². The van der Waals surface area contributed by atoms with Gasteiger partial charge in [0.15, 0.2) is 0 Å². The molecule has 1 saturated carbocycles. The molecule has 0 amide bonds. The van der Waals surface area contributed by atoms with Gasteiger partial charge < -0.3 is 10.2 Å². The molecule has 0 aromatic rings. The van der Waals surface area contributed by atoms with Crippen LogP contribution < -0.4 is 5.32 Å².